The summed E-state index contributed by atoms with van der Waals surface area (Å²) in [5, 5.41) is 4.55. The van der Waals surface area contributed by atoms with Gasteiger partial charge in [0.1, 0.15) is 0 Å². The summed E-state index contributed by atoms with van der Waals surface area (Å²) in [6.07, 6.45) is 0. The third kappa shape index (κ3) is 4.14. The van der Waals surface area contributed by atoms with Crippen LogP contribution in [0.1, 0.15) is 32.4 Å². The maximum absolute atomic E-state index is 4.55. The zero-order valence-electron chi connectivity index (χ0n) is 11.6. The van der Waals surface area contributed by atoms with Crippen molar-refractivity contribution in [3.05, 3.63) is 41.2 Å². The van der Waals surface area contributed by atoms with Crippen molar-refractivity contribution >= 4 is 0 Å². The summed E-state index contributed by atoms with van der Waals surface area (Å²) < 4.78 is 0. The van der Waals surface area contributed by atoms with E-state index in [0.717, 1.165) is 19.6 Å². The van der Waals surface area contributed by atoms with Crippen molar-refractivity contribution in [1.82, 2.24) is 4.90 Å². The topological polar surface area (TPSA) is 17.3 Å². The Morgan fingerprint density at radius 3 is 2.18 bits per heavy atom. The van der Waals surface area contributed by atoms with Gasteiger partial charge in [-0.2, -0.15) is 7.05 Å². The molecule has 2 atom stereocenters. The van der Waals surface area contributed by atoms with Crippen molar-refractivity contribution in [2.24, 2.45) is 5.92 Å². The van der Waals surface area contributed by atoms with Crippen LogP contribution in [0.2, 0.25) is 0 Å². The Hall–Kier alpha value is -0.860. The van der Waals surface area contributed by atoms with Gasteiger partial charge < -0.3 is 10.2 Å². The molecule has 1 rings (SSSR count). The normalized spacial score (nSPS) is 14.9. The molecule has 0 heterocycles. The lowest BCUT2D eigenvalue weighted by molar-refractivity contribution is 0.249. The van der Waals surface area contributed by atoms with E-state index in [1.54, 1.807) is 0 Å². The van der Waals surface area contributed by atoms with Crippen molar-refractivity contribution in [3.63, 3.8) is 0 Å². The highest BCUT2D eigenvalue weighted by Crippen LogP contribution is 2.29. The zero-order chi connectivity index (χ0) is 12.7. The highest BCUT2D eigenvalue weighted by atomic mass is 15.1. The number of hydrogen-bond acceptors (Lipinski definition) is 1. The van der Waals surface area contributed by atoms with Crippen LogP contribution in [0.5, 0.6) is 0 Å². The Labute approximate surface area is 106 Å². The third-order valence-corrected chi connectivity index (χ3v) is 3.40. The summed E-state index contributed by atoms with van der Waals surface area (Å²) in [7, 11) is 1.93. The van der Waals surface area contributed by atoms with E-state index in [0.29, 0.717) is 12.0 Å². The van der Waals surface area contributed by atoms with Crippen LogP contribution < -0.4 is 0 Å². The molecule has 1 aromatic rings. The Morgan fingerprint density at radius 1 is 1.12 bits per heavy atom. The molecule has 2 nitrogen and oxygen atoms in total. The minimum absolute atomic E-state index is 0.316. The smallest absolute Gasteiger partial charge is 0.000406 e. The molecule has 0 aliphatic heterocycles. The maximum Gasteiger partial charge on any atom is -0.000406 e. The van der Waals surface area contributed by atoms with Crippen LogP contribution in [0, 0.1) is 5.92 Å². The predicted octanol–water partition coefficient (Wildman–Crippen LogP) is 3.71. The molecule has 0 aromatic heterocycles. The standard InChI is InChI=1S/C15H25N2/c1-5-17(6-2)12-13(3)15(16-4)14-10-8-7-9-11-14/h7-11,13,15H,5-6,12H2,1-4H3/q-1/t13-,15+/m0/s1. The zero-order valence-corrected chi connectivity index (χ0v) is 11.6. The molecule has 0 unspecified atom stereocenters. The molecule has 0 amide bonds. The van der Waals surface area contributed by atoms with E-state index in [2.05, 4.69) is 61.3 Å². The third-order valence-electron chi connectivity index (χ3n) is 3.40. The van der Waals surface area contributed by atoms with Crippen molar-refractivity contribution < 1.29 is 0 Å². The molecule has 0 bridgehead atoms. The van der Waals surface area contributed by atoms with Gasteiger partial charge in [0.25, 0.3) is 0 Å². The van der Waals surface area contributed by atoms with Crippen LogP contribution in [0.15, 0.2) is 30.3 Å². The van der Waals surface area contributed by atoms with Crippen LogP contribution in [0.3, 0.4) is 0 Å². The molecular formula is C15H25N2-. The number of benzene rings is 1. The van der Waals surface area contributed by atoms with Gasteiger partial charge in [-0.1, -0.05) is 56.7 Å². The van der Waals surface area contributed by atoms with Crippen molar-refractivity contribution in [2.75, 3.05) is 26.7 Å². The lowest BCUT2D eigenvalue weighted by Crippen LogP contribution is -2.30. The molecule has 0 spiro atoms. The largest absolute Gasteiger partial charge is 0.658 e. The quantitative estimate of drug-likeness (QED) is 0.702. The highest BCUT2D eigenvalue weighted by Gasteiger charge is 2.12. The molecule has 0 aliphatic carbocycles. The molecule has 96 valence electrons. The van der Waals surface area contributed by atoms with E-state index in [4.69, 9.17) is 0 Å². The first kappa shape index (κ1) is 14.2. The van der Waals surface area contributed by atoms with Crippen LogP contribution >= 0.6 is 0 Å². The second-order valence-corrected chi connectivity index (χ2v) is 4.58. The van der Waals surface area contributed by atoms with E-state index in [-0.39, 0.29) is 0 Å². The average molecular weight is 233 g/mol. The molecule has 17 heavy (non-hydrogen) atoms. The minimum atomic E-state index is 0.316. The highest BCUT2D eigenvalue weighted by molar-refractivity contribution is 5.23. The average Bonchev–Trinajstić information content (AvgIpc) is 2.38. The molecule has 0 aliphatic rings. The van der Waals surface area contributed by atoms with Gasteiger partial charge in [0.05, 0.1) is 0 Å². The predicted molar refractivity (Wildman–Crippen MR) is 75.4 cm³/mol. The summed E-state index contributed by atoms with van der Waals surface area (Å²) in [4.78, 5) is 2.46. The molecule has 0 saturated carbocycles. The van der Waals surface area contributed by atoms with Crippen LogP contribution in [-0.2, 0) is 0 Å². The van der Waals surface area contributed by atoms with E-state index in [9.17, 15) is 0 Å². The van der Waals surface area contributed by atoms with Crippen LogP contribution in [0.25, 0.3) is 5.32 Å². The summed E-state index contributed by atoms with van der Waals surface area (Å²) in [6, 6.07) is 10.9. The van der Waals surface area contributed by atoms with E-state index in [1.165, 1.54) is 5.56 Å². The number of hydrogen-bond donors (Lipinski definition) is 0. The minimum Gasteiger partial charge on any atom is -0.658 e. The van der Waals surface area contributed by atoms with Gasteiger partial charge in [-0.05, 0) is 25.6 Å². The fourth-order valence-electron chi connectivity index (χ4n) is 2.37. The van der Waals surface area contributed by atoms with Crippen molar-refractivity contribution in [2.45, 2.75) is 26.8 Å². The maximum atomic E-state index is 4.55. The lowest BCUT2D eigenvalue weighted by Gasteiger charge is -2.37. The van der Waals surface area contributed by atoms with Gasteiger partial charge in [-0.15, -0.1) is 6.04 Å². The molecule has 0 N–H and O–H groups in total. The van der Waals surface area contributed by atoms with Crippen molar-refractivity contribution in [1.29, 1.82) is 0 Å². The first-order valence-electron chi connectivity index (χ1n) is 6.59. The first-order valence-corrected chi connectivity index (χ1v) is 6.59. The van der Waals surface area contributed by atoms with Crippen LogP contribution in [0.4, 0.5) is 0 Å². The van der Waals surface area contributed by atoms with Crippen molar-refractivity contribution in [3.8, 4) is 0 Å². The second-order valence-electron chi connectivity index (χ2n) is 4.58. The summed E-state index contributed by atoms with van der Waals surface area (Å²) in [5.41, 5.74) is 1.33. The van der Waals surface area contributed by atoms with Gasteiger partial charge in [0, 0.05) is 0 Å². The van der Waals surface area contributed by atoms with E-state index >= 15 is 0 Å². The summed E-state index contributed by atoms with van der Waals surface area (Å²) >= 11 is 0. The van der Waals surface area contributed by atoms with Gasteiger partial charge in [-0.25, -0.2) is 0 Å². The lowest BCUT2D eigenvalue weighted by atomic mass is 9.94. The fraction of sp³-hybridized carbons (Fsp3) is 0.600. The monoisotopic (exact) mass is 233 g/mol. The second kappa shape index (κ2) is 7.46. The number of nitrogens with zero attached hydrogens (tertiary/aromatic N) is 2. The van der Waals surface area contributed by atoms with E-state index in [1.807, 2.05) is 7.05 Å². The Morgan fingerprint density at radius 2 is 1.71 bits per heavy atom. The number of rotatable bonds is 7. The summed E-state index contributed by atoms with van der Waals surface area (Å²) in [5.74, 6) is 0.558. The molecule has 0 fully saturated rings. The molecule has 1 aromatic carbocycles. The van der Waals surface area contributed by atoms with Gasteiger partial charge in [-0.3, -0.25) is 0 Å². The Bertz CT molecular complexity index is 293. The Kier molecular flexibility index (Phi) is 6.23. The molecular weight excluding hydrogens is 208 g/mol. The van der Waals surface area contributed by atoms with E-state index < -0.39 is 0 Å². The van der Waals surface area contributed by atoms with Crippen LogP contribution in [-0.4, -0.2) is 31.6 Å². The van der Waals surface area contributed by atoms with Gasteiger partial charge in [0.2, 0.25) is 0 Å². The SMILES string of the molecule is CCN(CC)C[C@H](C)[C@@H]([N-]C)c1ccccc1. The van der Waals surface area contributed by atoms with Gasteiger partial charge in [0.15, 0.2) is 0 Å². The first-order chi connectivity index (χ1) is 8.22. The summed E-state index contributed by atoms with van der Waals surface area (Å²) in [6.45, 7) is 10.1. The van der Waals surface area contributed by atoms with Gasteiger partial charge >= 0.3 is 0 Å². The fourth-order valence-corrected chi connectivity index (χ4v) is 2.37. The molecule has 2 heteroatoms. The molecule has 0 radical (unpaired) electrons. The molecule has 0 saturated heterocycles. The Balaban J connectivity index is 2.67.